The fourth-order valence-electron chi connectivity index (χ4n) is 2.14. The van der Waals surface area contributed by atoms with Crippen LogP contribution in [0.1, 0.15) is 38.2 Å². The predicted molar refractivity (Wildman–Crippen MR) is 76.6 cm³/mol. The van der Waals surface area contributed by atoms with Crippen molar-refractivity contribution in [3.05, 3.63) is 35.9 Å². The standard InChI is InChI=1S/C16H19F3N2O/c1-2-3-5-10-14(11-20)21(15(22)16(17,18)19)12-13-8-6-4-7-9-13/h4,6-9,14H,2-3,5,10,12H2,1H3/t14-/m1/s1. The van der Waals surface area contributed by atoms with Crippen molar-refractivity contribution in [2.75, 3.05) is 0 Å². The van der Waals surface area contributed by atoms with Crippen molar-refractivity contribution in [3.8, 4) is 6.07 Å². The van der Waals surface area contributed by atoms with Gasteiger partial charge in [0.1, 0.15) is 6.04 Å². The fourth-order valence-corrected chi connectivity index (χ4v) is 2.14. The number of benzene rings is 1. The summed E-state index contributed by atoms with van der Waals surface area (Å²) in [5.41, 5.74) is 0.566. The Kier molecular flexibility index (Phi) is 6.90. The first kappa shape index (κ1) is 18.0. The predicted octanol–water partition coefficient (Wildman–Crippen LogP) is 4.05. The number of hydrogen-bond acceptors (Lipinski definition) is 2. The minimum absolute atomic E-state index is 0.219. The third kappa shape index (κ3) is 5.40. The van der Waals surface area contributed by atoms with Gasteiger partial charge in [-0.05, 0) is 12.0 Å². The lowest BCUT2D eigenvalue weighted by atomic mass is 10.1. The van der Waals surface area contributed by atoms with E-state index in [1.54, 1.807) is 30.3 Å². The number of nitrogens with zero attached hydrogens (tertiary/aromatic N) is 2. The first-order chi connectivity index (χ1) is 10.4. The summed E-state index contributed by atoms with van der Waals surface area (Å²) in [7, 11) is 0. The van der Waals surface area contributed by atoms with Gasteiger partial charge in [-0.1, -0.05) is 56.5 Å². The second-order valence-corrected chi connectivity index (χ2v) is 5.06. The van der Waals surface area contributed by atoms with E-state index in [9.17, 15) is 23.2 Å². The van der Waals surface area contributed by atoms with E-state index in [-0.39, 0.29) is 13.0 Å². The highest BCUT2D eigenvalue weighted by molar-refractivity contribution is 5.82. The smallest absolute Gasteiger partial charge is 0.315 e. The molecule has 0 aromatic heterocycles. The third-order valence-electron chi connectivity index (χ3n) is 3.31. The summed E-state index contributed by atoms with van der Waals surface area (Å²) < 4.78 is 38.4. The van der Waals surface area contributed by atoms with E-state index >= 15 is 0 Å². The molecule has 0 fully saturated rings. The molecule has 120 valence electrons. The summed E-state index contributed by atoms with van der Waals surface area (Å²) >= 11 is 0. The van der Waals surface area contributed by atoms with Gasteiger partial charge in [-0.3, -0.25) is 4.79 Å². The number of amides is 1. The SMILES string of the molecule is CCCCC[C@H](C#N)N(Cc1ccccc1)C(=O)C(F)(F)F. The average Bonchev–Trinajstić information content (AvgIpc) is 2.49. The molecular weight excluding hydrogens is 293 g/mol. The van der Waals surface area contributed by atoms with E-state index in [1.165, 1.54) is 0 Å². The highest BCUT2D eigenvalue weighted by Gasteiger charge is 2.44. The van der Waals surface area contributed by atoms with Crippen LogP contribution in [0.3, 0.4) is 0 Å². The zero-order valence-corrected chi connectivity index (χ0v) is 12.4. The molecule has 22 heavy (non-hydrogen) atoms. The molecule has 0 radical (unpaired) electrons. The Labute approximate surface area is 128 Å². The van der Waals surface area contributed by atoms with Gasteiger partial charge < -0.3 is 4.90 Å². The molecule has 0 spiro atoms. The van der Waals surface area contributed by atoms with Crippen LogP contribution in [0.5, 0.6) is 0 Å². The number of nitriles is 1. The van der Waals surface area contributed by atoms with Crippen molar-refractivity contribution in [3.63, 3.8) is 0 Å². The summed E-state index contributed by atoms with van der Waals surface area (Å²) in [5, 5.41) is 9.18. The lowest BCUT2D eigenvalue weighted by Crippen LogP contribution is -2.46. The zero-order chi connectivity index (χ0) is 16.6. The van der Waals surface area contributed by atoms with Gasteiger partial charge in [-0.2, -0.15) is 18.4 Å². The molecule has 1 amide bonds. The minimum atomic E-state index is -4.98. The van der Waals surface area contributed by atoms with Crippen molar-refractivity contribution >= 4 is 5.91 Å². The van der Waals surface area contributed by atoms with Crippen molar-refractivity contribution in [2.24, 2.45) is 0 Å². The topological polar surface area (TPSA) is 44.1 Å². The number of carbonyl (C=O) groups excluding carboxylic acids is 1. The fraction of sp³-hybridized carbons (Fsp3) is 0.500. The van der Waals surface area contributed by atoms with Crippen molar-refractivity contribution in [2.45, 2.75) is 51.4 Å². The molecule has 0 aliphatic heterocycles. The van der Waals surface area contributed by atoms with Crippen molar-refractivity contribution in [1.82, 2.24) is 4.90 Å². The van der Waals surface area contributed by atoms with Gasteiger partial charge in [0.05, 0.1) is 6.07 Å². The first-order valence-electron chi connectivity index (χ1n) is 7.21. The average molecular weight is 312 g/mol. The quantitative estimate of drug-likeness (QED) is 0.713. The molecule has 6 heteroatoms. The van der Waals surface area contributed by atoms with Gasteiger partial charge in [0, 0.05) is 6.54 Å². The van der Waals surface area contributed by atoms with Crippen LogP contribution >= 0.6 is 0 Å². The maximum absolute atomic E-state index is 12.8. The van der Waals surface area contributed by atoms with E-state index in [4.69, 9.17) is 0 Å². The first-order valence-corrected chi connectivity index (χ1v) is 7.21. The van der Waals surface area contributed by atoms with E-state index in [2.05, 4.69) is 0 Å². The molecule has 1 aromatic rings. The lowest BCUT2D eigenvalue weighted by molar-refractivity contribution is -0.187. The lowest BCUT2D eigenvalue weighted by Gasteiger charge is -2.28. The van der Waals surface area contributed by atoms with Gasteiger partial charge in [0.25, 0.3) is 0 Å². The molecule has 0 aliphatic carbocycles. The zero-order valence-electron chi connectivity index (χ0n) is 12.4. The Balaban J connectivity index is 2.94. The van der Waals surface area contributed by atoms with E-state index < -0.39 is 18.1 Å². The molecule has 1 atom stereocenters. The molecule has 0 saturated carbocycles. The molecule has 1 aromatic carbocycles. The van der Waals surface area contributed by atoms with Gasteiger partial charge in [-0.25, -0.2) is 0 Å². The van der Waals surface area contributed by atoms with Gasteiger partial charge in [-0.15, -0.1) is 0 Å². The Morgan fingerprint density at radius 1 is 1.27 bits per heavy atom. The molecule has 3 nitrogen and oxygen atoms in total. The molecular formula is C16H19F3N2O. The van der Waals surface area contributed by atoms with Crippen LogP contribution in [0.15, 0.2) is 30.3 Å². The third-order valence-corrected chi connectivity index (χ3v) is 3.31. The number of alkyl halides is 3. The van der Waals surface area contributed by atoms with Crippen LogP contribution in [0, 0.1) is 11.3 Å². The van der Waals surface area contributed by atoms with Gasteiger partial charge in [0.2, 0.25) is 0 Å². The Morgan fingerprint density at radius 2 is 1.91 bits per heavy atom. The number of hydrogen-bond donors (Lipinski definition) is 0. The van der Waals surface area contributed by atoms with Gasteiger partial charge in [0.15, 0.2) is 0 Å². The second-order valence-electron chi connectivity index (χ2n) is 5.06. The summed E-state index contributed by atoms with van der Waals surface area (Å²) in [6, 6.07) is 9.15. The Hall–Kier alpha value is -2.03. The van der Waals surface area contributed by atoms with Crippen molar-refractivity contribution < 1.29 is 18.0 Å². The van der Waals surface area contributed by atoms with Crippen molar-refractivity contribution in [1.29, 1.82) is 5.26 Å². The van der Waals surface area contributed by atoms with Crippen LogP contribution in [0.2, 0.25) is 0 Å². The van der Waals surface area contributed by atoms with Crippen LogP contribution in [-0.2, 0) is 11.3 Å². The maximum Gasteiger partial charge on any atom is 0.471 e. The molecule has 0 heterocycles. The second kappa shape index (κ2) is 8.42. The molecule has 1 rings (SSSR count). The van der Waals surface area contributed by atoms with E-state index in [0.29, 0.717) is 16.9 Å². The summed E-state index contributed by atoms with van der Waals surface area (Å²) in [5.74, 6) is -1.96. The maximum atomic E-state index is 12.8. The Morgan fingerprint density at radius 3 is 2.41 bits per heavy atom. The van der Waals surface area contributed by atoms with Crippen LogP contribution in [0.25, 0.3) is 0 Å². The monoisotopic (exact) mass is 312 g/mol. The number of halogens is 3. The normalized spacial score (nSPS) is 12.5. The molecule has 0 N–H and O–H groups in total. The molecule has 0 aliphatic rings. The van der Waals surface area contributed by atoms with E-state index in [1.807, 2.05) is 13.0 Å². The minimum Gasteiger partial charge on any atom is -0.315 e. The molecule has 0 unspecified atom stereocenters. The summed E-state index contributed by atoms with van der Waals surface area (Å²) in [6.45, 7) is 1.74. The van der Waals surface area contributed by atoms with Crippen LogP contribution in [0.4, 0.5) is 13.2 Å². The van der Waals surface area contributed by atoms with E-state index in [0.717, 1.165) is 12.8 Å². The highest BCUT2D eigenvalue weighted by atomic mass is 19.4. The summed E-state index contributed by atoms with van der Waals surface area (Å²) in [4.78, 5) is 12.3. The van der Waals surface area contributed by atoms with Gasteiger partial charge >= 0.3 is 12.1 Å². The van der Waals surface area contributed by atoms with Crippen LogP contribution in [-0.4, -0.2) is 23.0 Å². The molecule has 0 saturated heterocycles. The number of unbranched alkanes of at least 4 members (excludes halogenated alkanes) is 2. The van der Waals surface area contributed by atoms with Crippen LogP contribution < -0.4 is 0 Å². The molecule has 0 bridgehead atoms. The largest absolute Gasteiger partial charge is 0.471 e. The Bertz CT molecular complexity index is 508. The number of carbonyl (C=O) groups is 1. The summed E-state index contributed by atoms with van der Waals surface area (Å²) in [6.07, 6.45) is -2.40. The highest BCUT2D eigenvalue weighted by Crippen LogP contribution is 2.23. The number of rotatable bonds is 7.